The minimum atomic E-state index is -1.11. The number of carbonyl (C=O) groups is 2. The highest BCUT2D eigenvalue weighted by Crippen LogP contribution is 2.07. The fourth-order valence-corrected chi connectivity index (χ4v) is 2.16. The van der Waals surface area contributed by atoms with Gasteiger partial charge >= 0.3 is 5.97 Å². The number of carbonyl (C=O) groups excluding carboxylic acids is 1. The summed E-state index contributed by atoms with van der Waals surface area (Å²) in [6, 6.07) is 0.0653. The third kappa shape index (κ3) is 5.58. The predicted octanol–water partition coefficient (Wildman–Crippen LogP) is 0.862. The van der Waals surface area contributed by atoms with Crippen LogP contribution in [-0.4, -0.2) is 39.2 Å². The number of hydrogen-bond acceptors (Lipinski definition) is 5. The maximum Gasteiger partial charge on any atom is 0.326 e. The van der Waals surface area contributed by atoms with E-state index < -0.39 is 23.5 Å². The zero-order valence-electron chi connectivity index (χ0n) is 12.2. The molecule has 1 atom stereocenters. The van der Waals surface area contributed by atoms with E-state index in [1.807, 2.05) is 20.1 Å². The molecule has 1 unspecified atom stereocenters. The molecule has 3 N–H and O–H groups in total. The largest absolute Gasteiger partial charge is 0.480 e. The first-order valence-electron chi connectivity index (χ1n) is 6.46. The molecule has 0 aromatic carbocycles. The average Bonchev–Trinajstić information content (AvgIpc) is 2.36. The first kappa shape index (κ1) is 17.2. The highest BCUT2D eigenvalue weighted by molar-refractivity contribution is 7.97. The lowest BCUT2D eigenvalue weighted by molar-refractivity contribution is -0.139. The summed E-state index contributed by atoms with van der Waals surface area (Å²) in [6.07, 6.45) is 2.15. The van der Waals surface area contributed by atoms with Gasteiger partial charge in [-0.1, -0.05) is 13.8 Å². The topological polar surface area (TPSA) is 112 Å². The van der Waals surface area contributed by atoms with Gasteiger partial charge in [-0.05, 0) is 18.6 Å². The molecule has 0 saturated heterocycles. The van der Waals surface area contributed by atoms with Gasteiger partial charge in [0.2, 0.25) is 0 Å². The molecule has 1 aromatic heterocycles. The van der Waals surface area contributed by atoms with Crippen LogP contribution in [0.1, 0.15) is 36.6 Å². The van der Waals surface area contributed by atoms with E-state index in [9.17, 15) is 14.4 Å². The number of aliphatic carboxylic acids is 1. The number of H-pyrrole nitrogens is 1. The number of aromatic nitrogens is 2. The standard InChI is InChI=1S/C13H19N3O4S/c1-7(2)4-9(13(19)20)15-12(18)8-5-11(17)16-10(14-8)6-21-3/h5,7,9H,4,6H2,1-3H3,(H,15,18)(H,19,20)(H,14,16,17). The molecule has 0 bridgehead atoms. The van der Waals surface area contributed by atoms with Crippen LogP contribution in [0.3, 0.4) is 0 Å². The number of amides is 1. The van der Waals surface area contributed by atoms with E-state index in [0.717, 1.165) is 6.07 Å². The van der Waals surface area contributed by atoms with E-state index >= 15 is 0 Å². The Morgan fingerprint density at radius 1 is 1.48 bits per heavy atom. The van der Waals surface area contributed by atoms with E-state index in [-0.39, 0.29) is 11.6 Å². The number of carboxylic acid groups (broad SMARTS) is 1. The summed E-state index contributed by atoms with van der Waals surface area (Å²) in [6.45, 7) is 3.73. The average molecular weight is 313 g/mol. The predicted molar refractivity (Wildman–Crippen MR) is 80.4 cm³/mol. The van der Waals surface area contributed by atoms with Crippen LogP contribution < -0.4 is 10.9 Å². The molecule has 0 aliphatic carbocycles. The normalized spacial score (nSPS) is 12.2. The van der Waals surface area contributed by atoms with Gasteiger partial charge in [0, 0.05) is 6.07 Å². The van der Waals surface area contributed by atoms with Gasteiger partial charge in [-0.3, -0.25) is 9.59 Å². The highest BCUT2D eigenvalue weighted by atomic mass is 32.2. The second kappa shape index (κ2) is 7.82. The zero-order chi connectivity index (χ0) is 16.0. The van der Waals surface area contributed by atoms with Gasteiger partial charge in [-0.2, -0.15) is 11.8 Å². The zero-order valence-corrected chi connectivity index (χ0v) is 13.0. The second-order valence-electron chi connectivity index (χ2n) is 5.00. The minimum absolute atomic E-state index is 0.0715. The monoisotopic (exact) mass is 313 g/mol. The Labute approximate surface area is 126 Å². The van der Waals surface area contributed by atoms with E-state index in [1.54, 1.807) is 0 Å². The van der Waals surface area contributed by atoms with Gasteiger partial charge in [-0.15, -0.1) is 0 Å². The van der Waals surface area contributed by atoms with Crippen molar-refractivity contribution in [1.82, 2.24) is 15.3 Å². The lowest BCUT2D eigenvalue weighted by Crippen LogP contribution is -2.42. The molecule has 0 radical (unpaired) electrons. The quantitative estimate of drug-likeness (QED) is 0.688. The molecule has 116 valence electrons. The number of aromatic amines is 1. The molecule has 0 aliphatic heterocycles. The maximum atomic E-state index is 12.1. The molecule has 0 spiro atoms. The number of hydrogen-bond donors (Lipinski definition) is 3. The Morgan fingerprint density at radius 2 is 2.14 bits per heavy atom. The fourth-order valence-electron chi connectivity index (χ4n) is 1.75. The lowest BCUT2D eigenvalue weighted by atomic mass is 10.0. The number of carboxylic acids is 1. The molecule has 8 heteroatoms. The van der Waals surface area contributed by atoms with E-state index in [0.29, 0.717) is 18.0 Å². The summed E-state index contributed by atoms with van der Waals surface area (Å²) in [5.74, 6) is -0.797. The molecule has 21 heavy (non-hydrogen) atoms. The van der Waals surface area contributed by atoms with Crippen LogP contribution in [0.25, 0.3) is 0 Å². The SMILES string of the molecule is CSCc1nc(C(=O)NC(CC(C)C)C(=O)O)cc(=O)[nH]1. The first-order valence-corrected chi connectivity index (χ1v) is 7.85. The van der Waals surface area contributed by atoms with Gasteiger partial charge < -0.3 is 15.4 Å². The van der Waals surface area contributed by atoms with Crippen molar-refractivity contribution in [3.63, 3.8) is 0 Å². The molecular formula is C13H19N3O4S. The number of nitrogens with zero attached hydrogens (tertiary/aromatic N) is 1. The summed E-state index contributed by atoms with van der Waals surface area (Å²) in [5.41, 5.74) is -0.507. The van der Waals surface area contributed by atoms with Gasteiger partial charge in [0.25, 0.3) is 11.5 Å². The molecule has 1 amide bonds. The smallest absolute Gasteiger partial charge is 0.326 e. The van der Waals surface area contributed by atoms with Gasteiger partial charge in [-0.25, -0.2) is 9.78 Å². The Balaban J connectivity index is 2.91. The Hall–Kier alpha value is -1.83. The summed E-state index contributed by atoms with van der Waals surface area (Å²) in [5, 5.41) is 11.5. The number of rotatable bonds is 7. The molecule has 7 nitrogen and oxygen atoms in total. The second-order valence-corrected chi connectivity index (χ2v) is 5.87. The lowest BCUT2D eigenvalue weighted by Gasteiger charge is -2.16. The number of thioether (sulfide) groups is 1. The van der Waals surface area contributed by atoms with Gasteiger partial charge in [0.05, 0.1) is 5.75 Å². The third-order valence-corrected chi connectivity index (χ3v) is 3.18. The van der Waals surface area contributed by atoms with Crippen LogP contribution >= 0.6 is 11.8 Å². The molecule has 0 aliphatic rings. The molecule has 1 rings (SSSR count). The van der Waals surface area contributed by atoms with Crippen molar-refractivity contribution < 1.29 is 14.7 Å². The van der Waals surface area contributed by atoms with Crippen LogP contribution in [0.4, 0.5) is 0 Å². The molecule has 0 fully saturated rings. The van der Waals surface area contributed by atoms with Crippen LogP contribution in [0, 0.1) is 5.92 Å². The van der Waals surface area contributed by atoms with Crippen LogP contribution in [0.5, 0.6) is 0 Å². The van der Waals surface area contributed by atoms with Crippen molar-refractivity contribution in [1.29, 1.82) is 0 Å². The highest BCUT2D eigenvalue weighted by Gasteiger charge is 2.22. The summed E-state index contributed by atoms with van der Waals surface area (Å²) >= 11 is 1.45. The molecule has 1 heterocycles. The Morgan fingerprint density at radius 3 is 2.67 bits per heavy atom. The minimum Gasteiger partial charge on any atom is -0.480 e. The summed E-state index contributed by atoms with van der Waals surface area (Å²) in [4.78, 5) is 41.2. The van der Waals surface area contributed by atoms with E-state index in [2.05, 4.69) is 15.3 Å². The molecule has 1 aromatic rings. The van der Waals surface area contributed by atoms with Gasteiger partial charge in [0.1, 0.15) is 17.6 Å². The van der Waals surface area contributed by atoms with E-state index in [1.165, 1.54) is 11.8 Å². The summed E-state index contributed by atoms with van der Waals surface area (Å²) in [7, 11) is 0. The molecule has 0 saturated carbocycles. The van der Waals surface area contributed by atoms with E-state index in [4.69, 9.17) is 5.11 Å². The van der Waals surface area contributed by atoms with Crippen molar-refractivity contribution in [3.8, 4) is 0 Å². The fraction of sp³-hybridized carbons (Fsp3) is 0.538. The van der Waals surface area contributed by atoms with Crippen molar-refractivity contribution in [2.75, 3.05) is 6.26 Å². The van der Waals surface area contributed by atoms with Crippen molar-refractivity contribution in [2.45, 2.75) is 32.1 Å². The van der Waals surface area contributed by atoms with Crippen LogP contribution in [-0.2, 0) is 10.5 Å². The maximum absolute atomic E-state index is 12.1. The number of nitrogens with one attached hydrogen (secondary N) is 2. The van der Waals surface area contributed by atoms with Crippen molar-refractivity contribution in [3.05, 3.63) is 27.9 Å². The third-order valence-electron chi connectivity index (χ3n) is 2.61. The van der Waals surface area contributed by atoms with Gasteiger partial charge in [0.15, 0.2) is 0 Å². The summed E-state index contributed by atoms with van der Waals surface area (Å²) < 4.78 is 0. The Kier molecular flexibility index (Phi) is 6.41. The first-order chi connectivity index (χ1) is 9.83. The van der Waals surface area contributed by atoms with Crippen LogP contribution in [0.15, 0.2) is 10.9 Å². The van der Waals surface area contributed by atoms with Crippen LogP contribution in [0.2, 0.25) is 0 Å². The van der Waals surface area contributed by atoms with Crippen molar-refractivity contribution in [2.24, 2.45) is 5.92 Å². The molecular weight excluding hydrogens is 294 g/mol. The van der Waals surface area contributed by atoms with Crippen molar-refractivity contribution >= 4 is 23.6 Å². The Bertz CT molecular complexity index is 571.